The maximum Gasteiger partial charge on any atom is 0.232 e. The monoisotopic (exact) mass is 374 g/mol. The van der Waals surface area contributed by atoms with Gasteiger partial charge < -0.3 is 9.73 Å². The zero-order valence-corrected chi connectivity index (χ0v) is 16.2. The highest BCUT2D eigenvalue weighted by molar-refractivity contribution is 7.84. The summed E-state index contributed by atoms with van der Waals surface area (Å²) in [7, 11) is -1.30. The molecule has 6 heteroatoms. The van der Waals surface area contributed by atoms with Crippen LogP contribution in [-0.2, 0) is 21.3 Å². The molecule has 1 fully saturated rings. The third-order valence-corrected chi connectivity index (χ3v) is 6.06. The Morgan fingerprint density at radius 3 is 2.62 bits per heavy atom. The number of aryl methyl sites for hydroxylation is 1. The van der Waals surface area contributed by atoms with E-state index >= 15 is 0 Å². The van der Waals surface area contributed by atoms with Crippen molar-refractivity contribution < 1.29 is 13.4 Å². The molecule has 0 spiro atoms. The Bertz CT molecular complexity index is 765. The van der Waals surface area contributed by atoms with Gasteiger partial charge in [-0.15, -0.1) is 0 Å². The molecule has 26 heavy (non-hydrogen) atoms. The van der Waals surface area contributed by atoms with E-state index in [0.717, 1.165) is 37.2 Å². The number of carbonyl (C=O) groups is 1. The molecule has 0 radical (unpaired) electrons. The van der Waals surface area contributed by atoms with E-state index in [4.69, 9.17) is 4.42 Å². The van der Waals surface area contributed by atoms with Gasteiger partial charge in [0.1, 0.15) is 11.5 Å². The Balaban J connectivity index is 1.53. The molecule has 1 unspecified atom stereocenters. The average Bonchev–Trinajstić information content (AvgIpc) is 2.98. The lowest BCUT2D eigenvalue weighted by molar-refractivity contribution is -0.119. The van der Waals surface area contributed by atoms with E-state index in [1.54, 1.807) is 0 Å². The van der Waals surface area contributed by atoms with Gasteiger partial charge in [0, 0.05) is 22.4 Å². The van der Waals surface area contributed by atoms with Gasteiger partial charge >= 0.3 is 0 Å². The van der Waals surface area contributed by atoms with Crippen LogP contribution < -0.4 is 5.32 Å². The highest BCUT2D eigenvalue weighted by Gasteiger charge is 2.21. The van der Waals surface area contributed by atoms with Gasteiger partial charge in [-0.1, -0.05) is 25.1 Å². The second-order valence-corrected chi connectivity index (χ2v) is 8.60. The molecule has 1 aliphatic carbocycles. The molecule has 0 aliphatic heterocycles. The lowest BCUT2D eigenvalue weighted by Gasteiger charge is -2.26. The van der Waals surface area contributed by atoms with Crippen LogP contribution in [0.15, 0.2) is 34.7 Å². The molecule has 1 aliphatic rings. The zero-order chi connectivity index (χ0) is 18.5. The van der Waals surface area contributed by atoms with Crippen molar-refractivity contribution in [2.75, 3.05) is 5.75 Å². The van der Waals surface area contributed by atoms with E-state index in [1.165, 1.54) is 0 Å². The molecule has 0 bridgehead atoms. The van der Waals surface area contributed by atoms with Crippen LogP contribution in [-0.4, -0.2) is 26.9 Å². The number of aromatic nitrogens is 1. The quantitative estimate of drug-likeness (QED) is 0.839. The summed E-state index contributed by atoms with van der Waals surface area (Å²) in [6.07, 6.45) is 4.33. The normalized spacial score (nSPS) is 21.3. The molecule has 2 aromatic rings. The Morgan fingerprint density at radius 1 is 1.23 bits per heavy atom. The molecule has 140 valence electrons. The minimum absolute atomic E-state index is 0.0129. The van der Waals surface area contributed by atoms with E-state index in [-0.39, 0.29) is 23.5 Å². The van der Waals surface area contributed by atoms with Crippen molar-refractivity contribution in [1.29, 1.82) is 0 Å². The Kier molecular flexibility index (Phi) is 6.25. The number of rotatable bonds is 6. The summed E-state index contributed by atoms with van der Waals surface area (Å²) in [6, 6.07) is 9.84. The second-order valence-electron chi connectivity index (χ2n) is 7.14. The fourth-order valence-electron chi connectivity index (χ4n) is 3.29. The highest BCUT2D eigenvalue weighted by Crippen LogP contribution is 2.24. The average molecular weight is 375 g/mol. The Hall–Kier alpha value is -1.95. The van der Waals surface area contributed by atoms with E-state index in [1.807, 2.05) is 37.3 Å². The number of oxazole rings is 1. The molecule has 0 saturated heterocycles. The SMILES string of the molecule is Cc1oc(-c2ccccc2)nc1CS(=O)CC(=O)NC1CCC(C)CC1. The number of nitrogens with one attached hydrogen (secondary N) is 1. The molecule has 1 amide bonds. The van der Waals surface area contributed by atoms with Gasteiger partial charge in [-0.3, -0.25) is 9.00 Å². The Labute approximate surface area is 157 Å². The molecular formula is C20H26N2O3S. The van der Waals surface area contributed by atoms with Crippen molar-refractivity contribution in [3.63, 3.8) is 0 Å². The third kappa shape index (κ3) is 5.04. The number of amides is 1. The standard InChI is InChI=1S/C20H26N2O3S/c1-14-8-10-17(11-9-14)21-19(23)13-26(24)12-18-15(2)25-20(22-18)16-6-4-3-5-7-16/h3-7,14,17H,8-13H2,1-2H3,(H,21,23). The van der Waals surface area contributed by atoms with E-state index in [9.17, 15) is 9.00 Å². The van der Waals surface area contributed by atoms with Crippen molar-refractivity contribution in [3.05, 3.63) is 41.8 Å². The van der Waals surface area contributed by atoms with Crippen LogP contribution in [0.2, 0.25) is 0 Å². The minimum atomic E-state index is -1.30. The maximum absolute atomic E-state index is 12.4. The van der Waals surface area contributed by atoms with Crippen LogP contribution in [0.25, 0.3) is 11.5 Å². The van der Waals surface area contributed by atoms with Crippen LogP contribution in [0.4, 0.5) is 0 Å². The van der Waals surface area contributed by atoms with E-state index in [2.05, 4.69) is 17.2 Å². The van der Waals surface area contributed by atoms with Crippen LogP contribution in [0.5, 0.6) is 0 Å². The zero-order valence-electron chi connectivity index (χ0n) is 15.4. The first-order chi connectivity index (χ1) is 12.5. The summed E-state index contributed by atoms with van der Waals surface area (Å²) in [6.45, 7) is 4.06. The van der Waals surface area contributed by atoms with Crippen molar-refractivity contribution in [1.82, 2.24) is 10.3 Å². The van der Waals surface area contributed by atoms with Gasteiger partial charge in [-0.2, -0.15) is 0 Å². The fourth-order valence-corrected chi connectivity index (χ4v) is 4.34. The molecule has 1 heterocycles. The summed E-state index contributed by atoms with van der Waals surface area (Å²) < 4.78 is 18.1. The molecule has 3 rings (SSSR count). The van der Waals surface area contributed by atoms with Gasteiger partial charge in [0.25, 0.3) is 0 Å². The number of hydrogen-bond acceptors (Lipinski definition) is 4. The fraction of sp³-hybridized carbons (Fsp3) is 0.500. The van der Waals surface area contributed by atoms with Crippen molar-refractivity contribution in [3.8, 4) is 11.5 Å². The van der Waals surface area contributed by atoms with Gasteiger partial charge in [-0.25, -0.2) is 4.98 Å². The topological polar surface area (TPSA) is 72.2 Å². The first-order valence-electron chi connectivity index (χ1n) is 9.17. The summed E-state index contributed by atoms with van der Waals surface area (Å²) >= 11 is 0. The first-order valence-corrected chi connectivity index (χ1v) is 10.7. The highest BCUT2D eigenvalue weighted by atomic mass is 32.2. The maximum atomic E-state index is 12.4. The minimum Gasteiger partial charge on any atom is -0.441 e. The molecule has 1 aromatic heterocycles. The predicted octanol–water partition coefficient (Wildman–Crippen LogP) is 3.59. The summed E-state index contributed by atoms with van der Waals surface area (Å²) in [5, 5.41) is 3.03. The second kappa shape index (κ2) is 8.62. The number of nitrogens with zero attached hydrogens (tertiary/aromatic N) is 1. The Morgan fingerprint density at radius 2 is 1.92 bits per heavy atom. The predicted molar refractivity (Wildman–Crippen MR) is 103 cm³/mol. The van der Waals surface area contributed by atoms with Crippen LogP contribution >= 0.6 is 0 Å². The molecular weight excluding hydrogens is 348 g/mol. The van der Waals surface area contributed by atoms with Crippen LogP contribution in [0.3, 0.4) is 0 Å². The summed E-state index contributed by atoms with van der Waals surface area (Å²) in [4.78, 5) is 16.6. The first kappa shape index (κ1) is 18.8. The van der Waals surface area contributed by atoms with E-state index < -0.39 is 10.8 Å². The van der Waals surface area contributed by atoms with E-state index in [0.29, 0.717) is 17.3 Å². The molecule has 5 nitrogen and oxygen atoms in total. The molecule has 1 atom stereocenters. The third-order valence-electron chi connectivity index (χ3n) is 4.88. The smallest absolute Gasteiger partial charge is 0.232 e. The molecule has 1 saturated carbocycles. The van der Waals surface area contributed by atoms with Crippen LogP contribution in [0.1, 0.15) is 44.1 Å². The number of hydrogen-bond donors (Lipinski definition) is 1. The van der Waals surface area contributed by atoms with Gasteiger partial charge in [0.05, 0.1) is 11.4 Å². The largest absolute Gasteiger partial charge is 0.441 e. The lowest BCUT2D eigenvalue weighted by atomic mass is 9.87. The summed E-state index contributed by atoms with van der Waals surface area (Å²) in [5.74, 6) is 2.03. The van der Waals surface area contributed by atoms with Gasteiger partial charge in [-0.05, 0) is 50.7 Å². The van der Waals surface area contributed by atoms with Crippen molar-refractivity contribution >= 4 is 16.7 Å². The molecule has 1 N–H and O–H groups in total. The number of carbonyl (C=O) groups excluding carboxylic acids is 1. The van der Waals surface area contributed by atoms with Crippen molar-refractivity contribution in [2.24, 2.45) is 5.92 Å². The van der Waals surface area contributed by atoms with Gasteiger partial charge in [0.15, 0.2) is 0 Å². The summed E-state index contributed by atoms with van der Waals surface area (Å²) in [5.41, 5.74) is 1.54. The lowest BCUT2D eigenvalue weighted by Crippen LogP contribution is -2.39. The van der Waals surface area contributed by atoms with Crippen molar-refractivity contribution in [2.45, 2.75) is 51.3 Å². The van der Waals surface area contributed by atoms with Crippen LogP contribution in [0, 0.1) is 12.8 Å². The van der Waals surface area contributed by atoms with Gasteiger partial charge in [0.2, 0.25) is 11.8 Å². The molecule has 1 aromatic carbocycles. The number of benzene rings is 1.